The number of rotatable bonds is 2. The third-order valence-corrected chi connectivity index (χ3v) is 2.97. The van der Waals surface area contributed by atoms with Crippen LogP contribution in [0.5, 0.6) is 0 Å². The lowest BCUT2D eigenvalue weighted by Gasteiger charge is -2.02. The van der Waals surface area contributed by atoms with E-state index in [1.807, 2.05) is 24.6 Å². The van der Waals surface area contributed by atoms with E-state index in [2.05, 4.69) is 15.2 Å². The van der Waals surface area contributed by atoms with Gasteiger partial charge in [0, 0.05) is 18.9 Å². The summed E-state index contributed by atoms with van der Waals surface area (Å²) in [4.78, 5) is 4.26. The number of hydrogen-bond donors (Lipinski definition) is 1. The monoisotopic (exact) mass is 221 g/mol. The topological polar surface area (TPSA) is 69.6 Å². The van der Waals surface area contributed by atoms with Crippen LogP contribution >= 0.6 is 11.8 Å². The van der Waals surface area contributed by atoms with Crippen molar-refractivity contribution >= 4 is 17.4 Å². The van der Waals surface area contributed by atoms with E-state index < -0.39 is 0 Å². The van der Waals surface area contributed by atoms with E-state index in [1.165, 1.54) is 11.8 Å². The van der Waals surface area contributed by atoms with Gasteiger partial charge in [0.15, 0.2) is 5.16 Å². The third-order valence-electron chi connectivity index (χ3n) is 1.99. The van der Waals surface area contributed by atoms with Crippen molar-refractivity contribution in [2.45, 2.75) is 17.1 Å². The molecule has 0 fully saturated rings. The van der Waals surface area contributed by atoms with Gasteiger partial charge in [0.2, 0.25) is 0 Å². The zero-order chi connectivity index (χ0) is 10.8. The molecule has 0 aromatic carbocycles. The van der Waals surface area contributed by atoms with Gasteiger partial charge in [0.1, 0.15) is 11.4 Å². The number of pyridine rings is 1. The van der Waals surface area contributed by atoms with Crippen molar-refractivity contribution in [2.75, 3.05) is 5.73 Å². The van der Waals surface area contributed by atoms with Gasteiger partial charge in [-0.3, -0.25) is 0 Å². The van der Waals surface area contributed by atoms with Crippen molar-refractivity contribution in [2.24, 2.45) is 7.05 Å². The van der Waals surface area contributed by atoms with Crippen LogP contribution in [0, 0.1) is 6.92 Å². The Morgan fingerprint density at radius 2 is 2.27 bits per heavy atom. The molecule has 0 amide bonds. The summed E-state index contributed by atoms with van der Waals surface area (Å²) < 4.78 is 1.84. The standard InChI is InChI=1S/C9H11N5S/c1-6-4-11-8(3-7(6)10)15-9-13-12-5-14(9)2/h3-5H,1-2H3,(H2,10,11). The molecule has 0 aliphatic carbocycles. The zero-order valence-corrected chi connectivity index (χ0v) is 9.32. The van der Waals surface area contributed by atoms with Crippen LogP contribution in [0.25, 0.3) is 0 Å². The van der Waals surface area contributed by atoms with Crippen LogP contribution in [0.3, 0.4) is 0 Å². The van der Waals surface area contributed by atoms with Crippen molar-refractivity contribution in [3.05, 3.63) is 24.2 Å². The molecule has 0 aliphatic heterocycles. The Bertz CT molecular complexity index is 479. The zero-order valence-electron chi connectivity index (χ0n) is 8.51. The number of nitrogen functional groups attached to an aromatic ring is 1. The fourth-order valence-corrected chi connectivity index (χ4v) is 1.79. The van der Waals surface area contributed by atoms with E-state index in [0.717, 1.165) is 21.4 Å². The highest BCUT2D eigenvalue weighted by Gasteiger charge is 2.05. The fourth-order valence-electron chi connectivity index (χ4n) is 1.03. The Labute approximate surface area is 91.7 Å². The maximum atomic E-state index is 5.79. The van der Waals surface area contributed by atoms with Crippen molar-refractivity contribution in [1.29, 1.82) is 0 Å². The second-order valence-corrected chi connectivity index (χ2v) is 4.19. The SMILES string of the molecule is Cc1cnc(Sc2nncn2C)cc1N. The molecule has 6 heteroatoms. The smallest absolute Gasteiger partial charge is 0.197 e. The number of anilines is 1. The summed E-state index contributed by atoms with van der Waals surface area (Å²) in [5.41, 5.74) is 7.52. The van der Waals surface area contributed by atoms with Gasteiger partial charge in [-0.1, -0.05) is 0 Å². The first-order chi connectivity index (χ1) is 7.16. The second-order valence-electron chi connectivity index (χ2n) is 3.21. The van der Waals surface area contributed by atoms with Gasteiger partial charge in [-0.15, -0.1) is 10.2 Å². The second kappa shape index (κ2) is 3.90. The molecule has 2 N–H and O–H groups in total. The Kier molecular flexibility index (Phi) is 2.59. The lowest BCUT2D eigenvalue weighted by Crippen LogP contribution is -1.93. The molecule has 0 unspecified atom stereocenters. The average molecular weight is 221 g/mol. The van der Waals surface area contributed by atoms with Crippen LogP contribution in [-0.2, 0) is 7.05 Å². The van der Waals surface area contributed by atoms with E-state index in [4.69, 9.17) is 5.73 Å². The predicted octanol–water partition coefficient (Wildman–Crippen LogP) is 1.25. The molecule has 2 aromatic heterocycles. The van der Waals surface area contributed by atoms with Gasteiger partial charge < -0.3 is 10.3 Å². The minimum atomic E-state index is 0.745. The molecule has 0 atom stereocenters. The third kappa shape index (κ3) is 2.10. The van der Waals surface area contributed by atoms with Crippen LogP contribution < -0.4 is 5.73 Å². The van der Waals surface area contributed by atoms with E-state index in [9.17, 15) is 0 Å². The first-order valence-electron chi connectivity index (χ1n) is 4.41. The van der Waals surface area contributed by atoms with Crippen LogP contribution in [0.1, 0.15) is 5.56 Å². The highest BCUT2D eigenvalue weighted by Crippen LogP contribution is 2.25. The summed E-state index contributed by atoms with van der Waals surface area (Å²) in [6.45, 7) is 1.93. The summed E-state index contributed by atoms with van der Waals surface area (Å²) in [7, 11) is 1.89. The molecular formula is C9H11N5S. The molecule has 5 nitrogen and oxygen atoms in total. The molecule has 0 spiro atoms. The highest BCUT2D eigenvalue weighted by molar-refractivity contribution is 7.99. The van der Waals surface area contributed by atoms with Crippen molar-refractivity contribution < 1.29 is 0 Å². The molecule has 0 bridgehead atoms. The lowest BCUT2D eigenvalue weighted by atomic mass is 10.3. The quantitative estimate of drug-likeness (QED) is 0.826. The highest BCUT2D eigenvalue weighted by atomic mass is 32.2. The minimum Gasteiger partial charge on any atom is -0.398 e. The number of nitrogens with two attached hydrogens (primary N) is 1. The maximum absolute atomic E-state index is 5.79. The van der Waals surface area contributed by atoms with Gasteiger partial charge in [-0.25, -0.2) is 4.98 Å². The fraction of sp³-hybridized carbons (Fsp3) is 0.222. The summed E-state index contributed by atoms with van der Waals surface area (Å²) in [5, 5.41) is 9.37. The molecule has 0 saturated carbocycles. The van der Waals surface area contributed by atoms with Crippen LogP contribution in [0.15, 0.2) is 28.8 Å². The Morgan fingerprint density at radius 1 is 1.47 bits per heavy atom. The molecule has 78 valence electrons. The van der Waals surface area contributed by atoms with Crippen LogP contribution in [0.4, 0.5) is 5.69 Å². The number of hydrogen-bond acceptors (Lipinski definition) is 5. The van der Waals surface area contributed by atoms with E-state index in [1.54, 1.807) is 12.5 Å². The van der Waals surface area contributed by atoms with Gasteiger partial charge in [-0.05, 0) is 30.3 Å². The Morgan fingerprint density at radius 3 is 2.87 bits per heavy atom. The molecule has 0 saturated heterocycles. The summed E-state index contributed by atoms with van der Waals surface area (Å²) in [5.74, 6) is 0. The van der Waals surface area contributed by atoms with Gasteiger partial charge in [-0.2, -0.15) is 0 Å². The molecule has 2 heterocycles. The molecule has 2 aromatic rings. The van der Waals surface area contributed by atoms with Gasteiger partial charge >= 0.3 is 0 Å². The van der Waals surface area contributed by atoms with E-state index in [0.29, 0.717) is 0 Å². The van der Waals surface area contributed by atoms with Crippen molar-refractivity contribution in [3.63, 3.8) is 0 Å². The Hall–Kier alpha value is -1.56. The summed E-state index contributed by atoms with van der Waals surface area (Å²) >= 11 is 1.44. The Balaban J connectivity index is 2.25. The number of aromatic nitrogens is 4. The van der Waals surface area contributed by atoms with E-state index >= 15 is 0 Å². The van der Waals surface area contributed by atoms with Gasteiger partial charge in [0.25, 0.3) is 0 Å². The molecule has 0 radical (unpaired) electrons. The van der Waals surface area contributed by atoms with Crippen molar-refractivity contribution in [3.8, 4) is 0 Å². The average Bonchev–Trinajstić information content (AvgIpc) is 2.59. The minimum absolute atomic E-state index is 0.745. The van der Waals surface area contributed by atoms with Crippen molar-refractivity contribution in [1.82, 2.24) is 19.7 Å². The maximum Gasteiger partial charge on any atom is 0.197 e. The van der Waals surface area contributed by atoms with Crippen LogP contribution in [0.2, 0.25) is 0 Å². The van der Waals surface area contributed by atoms with E-state index in [-0.39, 0.29) is 0 Å². The normalized spacial score (nSPS) is 10.5. The predicted molar refractivity (Wildman–Crippen MR) is 58.5 cm³/mol. The molecular weight excluding hydrogens is 210 g/mol. The summed E-state index contributed by atoms with van der Waals surface area (Å²) in [6, 6.07) is 1.84. The lowest BCUT2D eigenvalue weighted by molar-refractivity contribution is 0.787. The first kappa shape index (κ1) is 9.97. The number of nitrogens with zero attached hydrogens (tertiary/aromatic N) is 4. The first-order valence-corrected chi connectivity index (χ1v) is 5.22. The van der Waals surface area contributed by atoms with Gasteiger partial charge in [0.05, 0.1) is 0 Å². The summed E-state index contributed by atoms with van der Waals surface area (Å²) in [6.07, 6.45) is 3.41. The molecule has 2 rings (SSSR count). The molecule has 0 aliphatic rings. The largest absolute Gasteiger partial charge is 0.398 e. The van der Waals surface area contributed by atoms with Crippen LogP contribution in [-0.4, -0.2) is 19.7 Å². The molecule has 15 heavy (non-hydrogen) atoms. The number of aryl methyl sites for hydroxylation is 2.